The van der Waals surface area contributed by atoms with Gasteiger partial charge < -0.3 is 5.73 Å². The summed E-state index contributed by atoms with van der Waals surface area (Å²) in [4.78, 5) is 4.44. The Bertz CT molecular complexity index is 731. The lowest BCUT2D eigenvalue weighted by Crippen LogP contribution is -1.95. The number of hydrogen-bond acceptors (Lipinski definition) is 2. The zero-order chi connectivity index (χ0) is 14.7. The van der Waals surface area contributed by atoms with Gasteiger partial charge in [-0.1, -0.05) is 54.6 Å². The summed E-state index contributed by atoms with van der Waals surface area (Å²) >= 11 is 0. The summed E-state index contributed by atoms with van der Waals surface area (Å²) in [6.45, 7) is 2.00. The van der Waals surface area contributed by atoms with Gasteiger partial charge in [0, 0.05) is 11.8 Å². The van der Waals surface area contributed by atoms with Crippen LogP contribution in [0.2, 0.25) is 0 Å². The molecular weight excluding hydrogens is 256 g/mol. The average molecular weight is 274 g/mol. The van der Waals surface area contributed by atoms with Crippen LogP contribution in [-0.4, -0.2) is 4.98 Å². The summed E-state index contributed by atoms with van der Waals surface area (Å²) in [5.41, 5.74) is 12.4. The van der Waals surface area contributed by atoms with E-state index in [0.717, 1.165) is 28.9 Å². The maximum Gasteiger partial charge on any atom is 0.0931 e. The van der Waals surface area contributed by atoms with Gasteiger partial charge in [-0.25, -0.2) is 0 Å². The lowest BCUT2D eigenvalue weighted by molar-refractivity contribution is 1.19. The van der Waals surface area contributed by atoms with Gasteiger partial charge in [0.05, 0.1) is 11.4 Å². The van der Waals surface area contributed by atoms with E-state index in [1.165, 1.54) is 11.1 Å². The molecule has 0 atom stereocenters. The fourth-order valence-corrected chi connectivity index (χ4v) is 2.45. The minimum atomic E-state index is 0.728. The molecular formula is C19H18N2. The van der Waals surface area contributed by atoms with E-state index in [-0.39, 0.29) is 0 Å². The van der Waals surface area contributed by atoms with Crippen molar-refractivity contribution in [1.29, 1.82) is 0 Å². The molecule has 2 heteroatoms. The molecule has 1 aromatic heterocycles. The van der Waals surface area contributed by atoms with Crippen LogP contribution in [0.25, 0.3) is 11.3 Å². The number of aromatic nitrogens is 1. The third-order valence-corrected chi connectivity index (χ3v) is 3.53. The molecule has 0 aliphatic rings. The monoisotopic (exact) mass is 274 g/mol. The molecule has 0 bridgehead atoms. The Balaban J connectivity index is 1.84. The molecule has 0 unspecified atom stereocenters. The Kier molecular flexibility index (Phi) is 3.69. The van der Waals surface area contributed by atoms with Crippen molar-refractivity contribution < 1.29 is 0 Å². The second-order valence-corrected chi connectivity index (χ2v) is 5.31. The molecule has 0 aliphatic heterocycles. The zero-order valence-electron chi connectivity index (χ0n) is 12.1. The number of nitrogen functional groups attached to an aromatic ring is 1. The summed E-state index contributed by atoms with van der Waals surface area (Å²) in [6.07, 6.45) is 2.79. The second kappa shape index (κ2) is 5.80. The van der Waals surface area contributed by atoms with Crippen molar-refractivity contribution in [3.8, 4) is 11.3 Å². The van der Waals surface area contributed by atoms with Gasteiger partial charge in [0.2, 0.25) is 0 Å². The smallest absolute Gasteiger partial charge is 0.0931 e. The van der Waals surface area contributed by atoms with Crippen LogP contribution in [-0.2, 0) is 6.42 Å². The molecule has 1 heterocycles. The lowest BCUT2D eigenvalue weighted by atomic mass is 10.0. The van der Waals surface area contributed by atoms with Gasteiger partial charge in [-0.05, 0) is 36.1 Å². The van der Waals surface area contributed by atoms with Crippen molar-refractivity contribution >= 4 is 5.69 Å². The highest BCUT2D eigenvalue weighted by Gasteiger charge is 2.05. The third kappa shape index (κ3) is 3.11. The molecule has 3 rings (SSSR count). The van der Waals surface area contributed by atoms with Gasteiger partial charge in [-0.3, -0.25) is 4.98 Å². The molecule has 2 aromatic carbocycles. The van der Waals surface area contributed by atoms with Crippen LogP contribution in [0.15, 0.2) is 66.9 Å². The summed E-state index contributed by atoms with van der Waals surface area (Å²) in [5, 5.41) is 0. The highest BCUT2D eigenvalue weighted by atomic mass is 14.7. The van der Waals surface area contributed by atoms with Crippen molar-refractivity contribution in [2.75, 3.05) is 5.73 Å². The van der Waals surface area contributed by atoms with Gasteiger partial charge in [-0.2, -0.15) is 0 Å². The van der Waals surface area contributed by atoms with E-state index < -0.39 is 0 Å². The highest BCUT2D eigenvalue weighted by Crippen LogP contribution is 2.24. The molecule has 0 saturated heterocycles. The average Bonchev–Trinajstić information content (AvgIpc) is 2.49. The normalized spacial score (nSPS) is 10.5. The van der Waals surface area contributed by atoms with Crippen LogP contribution >= 0.6 is 0 Å². The summed E-state index contributed by atoms with van der Waals surface area (Å²) in [5.74, 6) is 0. The Morgan fingerprint density at radius 2 is 1.57 bits per heavy atom. The first kappa shape index (κ1) is 13.4. The summed E-state index contributed by atoms with van der Waals surface area (Å²) < 4.78 is 0. The van der Waals surface area contributed by atoms with Crippen LogP contribution in [0.3, 0.4) is 0 Å². The number of pyridine rings is 1. The summed E-state index contributed by atoms with van der Waals surface area (Å²) in [7, 11) is 0. The summed E-state index contributed by atoms with van der Waals surface area (Å²) in [6, 6.07) is 20.9. The van der Waals surface area contributed by atoms with Crippen molar-refractivity contribution in [3.05, 3.63) is 83.6 Å². The van der Waals surface area contributed by atoms with Gasteiger partial charge >= 0.3 is 0 Å². The first-order chi connectivity index (χ1) is 10.2. The van der Waals surface area contributed by atoms with E-state index in [2.05, 4.69) is 53.5 Å². The van der Waals surface area contributed by atoms with Crippen LogP contribution < -0.4 is 5.73 Å². The number of anilines is 1. The Hall–Kier alpha value is -2.61. The minimum Gasteiger partial charge on any atom is -0.397 e. The largest absolute Gasteiger partial charge is 0.397 e. The van der Waals surface area contributed by atoms with Crippen LogP contribution in [0.5, 0.6) is 0 Å². The topological polar surface area (TPSA) is 38.9 Å². The molecule has 0 amide bonds. The Morgan fingerprint density at radius 3 is 2.24 bits per heavy atom. The predicted molar refractivity (Wildman–Crippen MR) is 88.1 cm³/mol. The SMILES string of the molecule is Cc1cnc(-c2ccc(Cc3ccccc3)cc2)c(N)c1. The molecule has 0 fully saturated rings. The van der Waals surface area contributed by atoms with Crippen molar-refractivity contribution in [2.45, 2.75) is 13.3 Å². The molecule has 0 radical (unpaired) electrons. The Labute approximate surface area is 125 Å². The van der Waals surface area contributed by atoms with E-state index in [4.69, 9.17) is 5.73 Å². The molecule has 0 saturated carbocycles. The standard InChI is InChI=1S/C19H18N2/c1-14-11-18(20)19(21-13-14)17-9-7-16(8-10-17)12-15-5-3-2-4-6-15/h2-11,13H,12,20H2,1H3. The van der Waals surface area contributed by atoms with E-state index in [1.807, 2.05) is 25.3 Å². The Morgan fingerprint density at radius 1 is 0.905 bits per heavy atom. The van der Waals surface area contributed by atoms with Crippen LogP contribution in [0.1, 0.15) is 16.7 Å². The van der Waals surface area contributed by atoms with Crippen molar-refractivity contribution in [2.24, 2.45) is 0 Å². The molecule has 104 valence electrons. The van der Waals surface area contributed by atoms with E-state index in [0.29, 0.717) is 0 Å². The zero-order valence-corrected chi connectivity index (χ0v) is 12.1. The minimum absolute atomic E-state index is 0.728. The van der Waals surface area contributed by atoms with Gasteiger partial charge in [0.15, 0.2) is 0 Å². The molecule has 0 spiro atoms. The van der Waals surface area contributed by atoms with Crippen molar-refractivity contribution in [1.82, 2.24) is 4.98 Å². The maximum absolute atomic E-state index is 6.05. The van der Waals surface area contributed by atoms with E-state index in [1.54, 1.807) is 0 Å². The number of aryl methyl sites for hydroxylation is 1. The number of rotatable bonds is 3. The fourth-order valence-electron chi connectivity index (χ4n) is 2.45. The van der Waals surface area contributed by atoms with E-state index >= 15 is 0 Å². The molecule has 3 aromatic rings. The molecule has 2 N–H and O–H groups in total. The second-order valence-electron chi connectivity index (χ2n) is 5.31. The quantitative estimate of drug-likeness (QED) is 0.776. The molecule has 2 nitrogen and oxygen atoms in total. The lowest BCUT2D eigenvalue weighted by Gasteiger charge is -2.07. The third-order valence-electron chi connectivity index (χ3n) is 3.53. The van der Waals surface area contributed by atoms with Gasteiger partial charge in [-0.15, -0.1) is 0 Å². The van der Waals surface area contributed by atoms with E-state index in [9.17, 15) is 0 Å². The number of benzene rings is 2. The number of nitrogens with zero attached hydrogens (tertiary/aromatic N) is 1. The number of hydrogen-bond donors (Lipinski definition) is 1. The van der Waals surface area contributed by atoms with Crippen molar-refractivity contribution in [3.63, 3.8) is 0 Å². The first-order valence-electron chi connectivity index (χ1n) is 7.08. The molecule has 21 heavy (non-hydrogen) atoms. The highest BCUT2D eigenvalue weighted by molar-refractivity contribution is 5.72. The fraction of sp³-hybridized carbons (Fsp3) is 0.105. The van der Waals surface area contributed by atoms with Crippen LogP contribution in [0, 0.1) is 6.92 Å². The van der Waals surface area contributed by atoms with Gasteiger partial charge in [0.25, 0.3) is 0 Å². The predicted octanol–water partition coefficient (Wildman–Crippen LogP) is 4.23. The maximum atomic E-state index is 6.05. The first-order valence-corrected chi connectivity index (χ1v) is 7.08. The van der Waals surface area contributed by atoms with Gasteiger partial charge in [0.1, 0.15) is 0 Å². The molecule has 0 aliphatic carbocycles. The van der Waals surface area contributed by atoms with Crippen LogP contribution in [0.4, 0.5) is 5.69 Å². The number of nitrogens with two attached hydrogens (primary N) is 1.